The molecule has 1 saturated heterocycles. The summed E-state index contributed by atoms with van der Waals surface area (Å²) in [4.78, 5) is 20.3. The number of fused-ring (bicyclic) bond motifs is 1. The molecular weight excluding hydrogens is 446 g/mol. The highest BCUT2D eigenvalue weighted by Crippen LogP contribution is 2.28. The zero-order valence-corrected chi connectivity index (χ0v) is 19.5. The fourth-order valence-electron chi connectivity index (χ4n) is 4.48. The molecule has 3 heterocycles. The van der Waals surface area contributed by atoms with E-state index in [2.05, 4.69) is 4.90 Å². The molecule has 1 aliphatic heterocycles. The van der Waals surface area contributed by atoms with E-state index in [1.807, 2.05) is 30.3 Å². The quantitative estimate of drug-likeness (QED) is 0.411. The third-order valence-electron chi connectivity index (χ3n) is 6.27. The Kier molecular flexibility index (Phi) is 6.65. The maximum atomic E-state index is 13.3. The van der Waals surface area contributed by atoms with E-state index in [-0.39, 0.29) is 17.5 Å². The van der Waals surface area contributed by atoms with Crippen LogP contribution in [0.5, 0.6) is 11.6 Å². The number of aromatic hydroxyl groups is 1. The molecule has 0 radical (unpaired) electrons. The van der Waals surface area contributed by atoms with Crippen molar-refractivity contribution in [1.29, 1.82) is 0 Å². The van der Waals surface area contributed by atoms with Crippen LogP contribution in [0.2, 0.25) is 0 Å². The summed E-state index contributed by atoms with van der Waals surface area (Å²) in [6.07, 6.45) is 3.31. The van der Waals surface area contributed by atoms with Crippen LogP contribution in [0, 0.1) is 0 Å². The van der Waals surface area contributed by atoms with Gasteiger partial charge in [-0.05, 0) is 30.3 Å². The minimum absolute atomic E-state index is 0.0529. The molecular formula is C27H27N3O5. The summed E-state index contributed by atoms with van der Waals surface area (Å²) in [5.41, 5.74) is 0.669. The van der Waals surface area contributed by atoms with Crippen LogP contribution in [-0.4, -0.2) is 60.7 Å². The number of aromatic nitrogens is 1. The maximum Gasteiger partial charge on any atom is 0.265 e. The van der Waals surface area contributed by atoms with Crippen molar-refractivity contribution >= 4 is 17.0 Å². The summed E-state index contributed by atoms with van der Waals surface area (Å²) in [5, 5.41) is 12.4. The number of hydrogen-bond acceptors (Lipinski definition) is 7. The fourth-order valence-corrected chi connectivity index (χ4v) is 4.48. The molecule has 0 bridgehead atoms. The predicted molar refractivity (Wildman–Crippen MR) is 134 cm³/mol. The number of methoxy groups -OCH3 is 1. The largest absolute Gasteiger partial charge is 0.497 e. The van der Waals surface area contributed by atoms with Gasteiger partial charge in [0.15, 0.2) is 0 Å². The highest BCUT2D eigenvalue weighted by atomic mass is 16.5. The molecule has 0 aliphatic carbocycles. The van der Waals surface area contributed by atoms with Gasteiger partial charge in [-0.15, -0.1) is 0 Å². The zero-order valence-electron chi connectivity index (χ0n) is 19.5. The average molecular weight is 474 g/mol. The number of ether oxygens (including phenoxy) is 2. The third-order valence-corrected chi connectivity index (χ3v) is 6.27. The first kappa shape index (κ1) is 22.9. The topological polar surface area (TPSA) is 89.4 Å². The summed E-state index contributed by atoms with van der Waals surface area (Å²) >= 11 is 0. The van der Waals surface area contributed by atoms with Crippen LogP contribution in [-0.2, 0) is 4.74 Å². The minimum Gasteiger partial charge on any atom is -0.497 e. The van der Waals surface area contributed by atoms with Crippen molar-refractivity contribution in [3.63, 3.8) is 0 Å². The molecule has 1 atom stereocenters. The Bertz CT molecular complexity index is 1390. The van der Waals surface area contributed by atoms with Gasteiger partial charge >= 0.3 is 0 Å². The van der Waals surface area contributed by atoms with Gasteiger partial charge in [0.05, 0.1) is 50.4 Å². The van der Waals surface area contributed by atoms with E-state index in [0.29, 0.717) is 47.5 Å². The molecule has 35 heavy (non-hydrogen) atoms. The highest BCUT2D eigenvalue weighted by molar-refractivity contribution is 6.01. The van der Waals surface area contributed by atoms with Gasteiger partial charge in [0.2, 0.25) is 5.88 Å². The molecule has 0 spiro atoms. The molecule has 8 nitrogen and oxygen atoms in total. The summed E-state index contributed by atoms with van der Waals surface area (Å²) in [5.74, 6) is 1.25. The molecule has 0 saturated carbocycles. The van der Waals surface area contributed by atoms with Crippen LogP contribution in [0.25, 0.3) is 16.5 Å². The lowest BCUT2D eigenvalue weighted by Gasteiger charge is -2.32. The van der Waals surface area contributed by atoms with Gasteiger partial charge in [0.25, 0.3) is 5.56 Å². The normalized spacial score (nSPS) is 15.6. The summed E-state index contributed by atoms with van der Waals surface area (Å²) < 4.78 is 17.8. The van der Waals surface area contributed by atoms with Crippen LogP contribution >= 0.6 is 0 Å². The van der Waals surface area contributed by atoms with Crippen LogP contribution < -0.4 is 10.3 Å². The van der Waals surface area contributed by atoms with Crippen LogP contribution in [0.1, 0.15) is 17.4 Å². The van der Waals surface area contributed by atoms with Gasteiger partial charge in [-0.2, -0.15) is 0 Å². The number of benzene rings is 2. The van der Waals surface area contributed by atoms with Gasteiger partial charge in [-0.25, -0.2) is 4.57 Å². The first-order valence-corrected chi connectivity index (χ1v) is 11.5. The molecule has 180 valence electrons. The maximum absolute atomic E-state index is 13.3. The Hall–Kier alpha value is -3.88. The summed E-state index contributed by atoms with van der Waals surface area (Å²) in [6, 6.07) is 18.0. The van der Waals surface area contributed by atoms with E-state index in [1.165, 1.54) is 4.57 Å². The number of furan rings is 1. The number of nitrogens with zero attached hydrogens (tertiary/aromatic N) is 3. The van der Waals surface area contributed by atoms with Crippen molar-refractivity contribution in [1.82, 2.24) is 9.47 Å². The minimum atomic E-state index is -0.315. The van der Waals surface area contributed by atoms with Crippen molar-refractivity contribution in [2.75, 3.05) is 40.0 Å². The fraction of sp³-hybridized carbons (Fsp3) is 0.259. The molecule has 2 aromatic heterocycles. The molecule has 2 aromatic carbocycles. The smallest absolute Gasteiger partial charge is 0.265 e. The van der Waals surface area contributed by atoms with E-state index in [1.54, 1.807) is 49.9 Å². The second-order valence-corrected chi connectivity index (χ2v) is 8.30. The van der Waals surface area contributed by atoms with E-state index in [9.17, 15) is 9.90 Å². The molecule has 0 unspecified atom stereocenters. The van der Waals surface area contributed by atoms with Crippen molar-refractivity contribution < 1.29 is 19.0 Å². The highest BCUT2D eigenvalue weighted by Gasteiger charge is 2.24. The van der Waals surface area contributed by atoms with Gasteiger partial charge in [0.1, 0.15) is 11.5 Å². The van der Waals surface area contributed by atoms with E-state index < -0.39 is 0 Å². The first-order chi connectivity index (χ1) is 17.2. The second-order valence-electron chi connectivity index (χ2n) is 8.30. The second kappa shape index (κ2) is 10.2. The molecule has 1 aliphatic rings. The SMILES string of the molecule is COc1cccc(-n2c(O)c(C=NC[C@@H](c3ccco3)N3CCOCC3)c3ccccc3c2=O)c1. The van der Waals surface area contributed by atoms with Crippen LogP contribution in [0.15, 0.2) is 81.1 Å². The molecule has 0 amide bonds. The molecule has 1 N–H and O–H groups in total. The van der Waals surface area contributed by atoms with Gasteiger partial charge in [-0.1, -0.05) is 24.3 Å². The van der Waals surface area contributed by atoms with Crippen molar-refractivity contribution in [2.45, 2.75) is 6.04 Å². The summed E-state index contributed by atoms with van der Waals surface area (Å²) in [6.45, 7) is 3.33. The number of aliphatic imine (C=N–C) groups is 1. The Balaban J connectivity index is 1.56. The van der Waals surface area contributed by atoms with Gasteiger partial charge < -0.3 is 19.0 Å². The van der Waals surface area contributed by atoms with Gasteiger partial charge in [-0.3, -0.25) is 14.7 Å². The third kappa shape index (κ3) is 4.58. The number of rotatable bonds is 7. The van der Waals surface area contributed by atoms with Crippen molar-refractivity contribution in [2.24, 2.45) is 4.99 Å². The Morgan fingerprint density at radius 2 is 1.89 bits per heavy atom. The number of hydrogen-bond donors (Lipinski definition) is 1. The van der Waals surface area contributed by atoms with E-state index in [0.717, 1.165) is 18.8 Å². The van der Waals surface area contributed by atoms with E-state index in [4.69, 9.17) is 18.9 Å². The Morgan fingerprint density at radius 1 is 1.09 bits per heavy atom. The molecule has 1 fully saturated rings. The first-order valence-electron chi connectivity index (χ1n) is 11.5. The standard InChI is InChI=1S/C27H27N3O5/c1-33-20-7-4-6-19(16-20)30-26(31)22-9-3-2-8-21(22)23(27(30)32)17-28-18-24(25-10-5-13-35-25)29-11-14-34-15-12-29/h2-10,13,16-17,24,32H,11-12,14-15,18H2,1H3/t24-/m0/s1. The summed E-state index contributed by atoms with van der Waals surface area (Å²) in [7, 11) is 1.56. The number of morpholine rings is 1. The van der Waals surface area contributed by atoms with Gasteiger partial charge in [0, 0.05) is 36.1 Å². The lowest BCUT2D eigenvalue weighted by atomic mass is 10.1. The van der Waals surface area contributed by atoms with Crippen molar-refractivity contribution in [3.05, 3.63) is 88.6 Å². The molecule has 8 heteroatoms. The molecule has 5 rings (SSSR count). The van der Waals surface area contributed by atoms with E-state index >= 15 is 0 Å². The van der Waals surface area contributed by atoms with Crippen molar-refractivity contribution in [3.8, 4) is 17.3 Å². The predicted octanol–water partition coefficient (Wildman–Crippen LogP) is 3.79. The average Bonchev–Trinajstić information content (AvgIpc) is 3.44. The molecule has 4 aromatic rings. The monoisotopic (exact) mass is 473 g/mol. The zero-order chi connectivity index (χ0) is 24.2. The Morgan fingerprint density at radius 3 is 2.63 bits per heavy atom. The number of pyridine rings is 1. The van der Waals surface area contributed by atoms with Crippen LogP contribution in [0.4, 0.5) is 0 Å². The lowest BCUT2D eigenvalue weighted by molar-refractivity contribution is 0.0137. The Labute approximate surface area is 202 Å². The van der Waals surface area contributed by atoms with Crippen LogP contribution in [0.3, 0.4) is 0 Å². The lowest BCUT2D eigenvalue weighted by Crippen LogP contribution is -2.40.